The fourth-order valence-electron chi connectivity index (χ4n) is 10.2. The largest absolute Gasteiger partial charge is 0.472 e. The van der Waals surface area contributed by atoms with Crippen molar-refractivity contribution in [2.24, 2.45) is 11.8 Å². The van der Waals surface area contributed by atoms with Crippen molar-refractivity contribution in [3.8, 4) is 0 Å². The highest BCUT2D eigenvalue weighted by molar-refractivity contribution is 7.47. The van der Waals surface area contributed by atoms with Gasteiger partial charge in [-0.2, -0.15) is 0 Å². The molecule has 0 saturated carbocycles. The van der Waals surface area contributed by atoms with E-state index in [0.29, 0.717) is 25.7 Å². The van der Waals surface area contributed by atoms with E-state index in [1.165, 1.54) is 154 Å². The molecule has 0 aromatic carbocycles. The summed E-state index contributed by atoms with van der Waals surface area (Å²) in [5.41, 5.74) is 0. The van der Waals surface area contributed by atoms with E-state index in [0.717, 1.165) is 108 Å². The fourth-order valence-corrected chi connectivity index (χ4v) is 11.8. The summed E-state index contributed by atoms with van der Waals surface area (Å²) in [6.07, 6.45) is 44.5. The van der Waals surface area contributed by atoms with Crippen LogP contribution in [-0.4, -0.2) is 96.7 Å². The zero-order valence-corrected chi connectivity index (χ0v) is 58.1. The van der Waals surface area contributed by atoms with Crippen molar-refractivity contribution in [2.45, 2.75) is 362 Å². The summed E-state index contributed by atoms with van der Waals surface area (Å²) < 4.78 is 68.1. The van der Waals surface area contributed by atoms with Crippen LogP contribution in [0.1, 0.15) is 343 Å². The minimum atomic E-state index is -4.95. The second kappa shape index (κ2) is 60.3. The molecule has 6 atom stereocenters. The van der Waals surface area contributed by atoms with Gasteiger partial charge in [-0.3, -0.25) is 37.3 Å². The second-order valence-electron chi connectivity index (χ2n) is 25.3. The van der Waals surface area contributed by atoms with Crippen LogP contribution < -0.4 is 0 Å². The standard InChI is InChI=1S/C68H132O17P2/c1-7-10-12-14-16-18-19-21-25-28-32-39-45-51-66(71)79-56-63(84-67(72)52-46-40-33-29-26-23-20-22-24-27-30-36-42-48-60(4)5)58-82-86(74,75)80-54-62(69)55-81-87(76,77)83-59-64(57-78-65(70)50-44-38-31-17-15-13-11-8-2)85-68(73)53-47-41-35-34-37-43-49-61(6)9-3/h60-64,69H,7-59H2,1-6H3,(H,74,75)(H,76,77)/t61?,62-,63-,64-/m1/s1. The van der Waals surface area contributed by atoms with Crippen LogP contribution in [0.15, 0.2) is 0 Å². The zero-order valence-electron chi connectivity index (χ0n) is 56.3. The molecule has 0 aliphatic heterocycles. The SMILES string of the molecule is CCCCCCCCCCCCCCCC(=O)OC[C@H](COP(=O)(O)OC[C@@H](O)COP(=O)(O)OC[C@@H](COC(=O)CCCCCCCCCC)OC(=O)CCCCCCCCC(C)CC)OC(=O)CCCCCCCCCCCCCCCC(C)C. The van der Waals surface area contributed by atoms with E-state index in [1.54, 1.807) is 0 Å². The van der Waals surface area contributed by atoms with E-state index in [2.05, 4.69) is 41.5 Å². The van der Waals surface area contributed by atoms with Gasteiger partial charge in [-0.15, -0.1) is 0 Å². The molecular formula is C68H132O17P2. The first kappa shape index (κ1) is 85.1. The maximum Gasteiger partial charge on any atom is 0.472 e. The Hall–Kier alpha value is -1.94. The van der Waals surface area contributed by atoms with Crippen molar-refractivity contribution in [1.29, 1.82) is 0 Å². The highest BCUT2D eigenvalue weighted by Gasteiger charge is 2.30. The van der Waals surface area contributed by atoms with Crippen LogP contribution in [0.2, 0.25) is 0 Å². The Morgan fingerprint density at radius 1 is 0.333 bits per heavy atom. The predicted molar refractivity (Wildman–Crippen MR) is 349 cm³/mol. The number of carbonyl (C=O) groups is 4. The van der Waals surface area contributed by atoms with Gasteiger partial charge in [0.15, 0.2) is 12.2 Å². The molecule has 0 aliphatic carbocycles. The number of phosphoric ester groups is 2. The molecule has 0 spiro atoms. The van der Waals surface area contributed by atoms with Crippen molar-refractivity contribution in [3.63, 3.8) is 0 Å². The van der Waals surface area contributed by atoms with Gasteiger partial charge in [-0.1, -0.05) is 292 Å². The molecule has 17 nitrogen and oxygen atoms in total. The summed E-state index contributed by atoms with van der Waals surface area (Å²) in [7, 11) is -9.89. The van der Waals surface area contributed by atoms with Crippen LogP contribution in [0, 0.1) is 11.8 Å². The molecule has 0 amide bonds. The Morgan fingerprint density at radius 3 is 0.874 bits per heavy atom. The van der Waals surface area contributed by atoms with Crippen molar-refractivity contribution in [1.82, 2.24) is 0 Å². The fraction of sp³-hybridized carbons (Fsp3) is 0.941. The normalized spacial score (nSPS) is 14.5. The molecule has 3 unspecified atom stereocenters. The average molecular weight is 1280 g/mol. The smallest absolute Gasteiger partial charge is 0.462 e. The van der Waals surface area contributed by atoms with E-state index in [-0.39, 0.29) is 25.7 Å². The number of phosphoric acid groups is 2. The van der Waals surface area contributed by atoms with Crippen LogP contribution in [0.25, 0.3) is 0 Å². The lowest BCUT2D eigenvalue weighted by Crippen LogP contribution is -2.30. The van der Waals surface area contributed by atoms with Crippen molar-refractivity contribution >= 4 is 39.5 Å². The number of aliphatic hydroxyl groups is 1. The van der Waals surface area contributed by atoms with Crippen LogP contribution in [0.4, 0.5) is 0 Å². The van der Waals surface area contributed by atoms with E-state index in [1.807, 2.05) is 0 Å². The molecular weight excluding hydrogens is 1150 g/mol. The van der Waals surface area contributed by atoms with Gasteiger partial charge in [0, 0.05) is 25.7 Å². The van der Waals surface area contributed by atoms with Gasteiger partial charge < -0.3 is 33.8 Å². The number of unbranched alkanes of at least 4 members (excludes halogenated alkanes) is 36. The van der Waals surface area contributed by atoms with E-state index in [4.69, 9.17) is 37.0 Å². The zero-order chi connectivity index (χ0) is 64.3. The Balaban J connectivity index is 5.22. The van der Waals surface area contributed by atoms with Crippen LogP contribution in [0.5, 0.6) is 0 Å². The highest BCUT2D eigenvalue weighted by Crippen LogP contribution is 2.45. The number of hydrogen-bond donors (Lipinski definition) is 3. The number of carbonyl (C=O) groups excluding carboxylic acids is 4. The molecule has 0 fully saturated rings. The van der Waals surface area contributed by atoms with E-state index < -0.39 is 97.5 Å². The molecule has 87 heavy (non-hydrogen) atoms. The van der Waals surface area contributed by atoms with Gasteiger partial charge in [0.25, 0.3) is 0 Å². The van der Waals surface area contributed by atoms with Crippen molar-refractivity contribution < 1.29 is 80.2 Å². The lowest BCUT2D eigenvalue weighted by molar-refractivity contribution is -0.161. The van der Waals surface area contributed by atoms with E-state index in [9.17, 15) is 43.2 Å². The quantitative estimate of drug-likeness (QED) is 0.0222. The Morgan fingerprint density at radius 2 is 0.586 bits per heavy atom. The molecule has 19 heteroatoms. The number of ether oxygens (including phenoxy) is 4. The summed E-state index contributed by atoms with van der Waals surface area (Å²) in [5, 5.41) is 10.6. The third-order valence-corrected chi connectivity index (χ3v) is 18.0. The van der Waals surface area contributed by atoms with Gasteiger partial charge in [-0.25, -0.2) is 9.13 Å². The molecule has 0 heterocycles. The average Bonchev–Trinajstić information content (AvgIpc) is 3.54. The first-order valence-corrected chi connectivity index (χ1v) is 38.5. The van der Waals surface area contributed by atoms with Crippen molar-refractivity contribution in [3.05, 3.63) is 0 Å². The maximum absolute atomic E-state index is 13.0. The Bertz CT molecular complexity index is 1700. The molecule has 0 rings (SSSR count). The number of aliphatic hydroxyl groups excluding tert-OH is 1. The number of rotatable bonds is 67. The summed E-state index contributed by atoms with van der Waals surface area (Å²) in [6.45, 7) is 9.47. The molecule has 516 valence electrons. The van der Waals surface area contributed by atoms with Crippen LogP contribution in [-0.2, 0) is 65.4 Å². The molecule has 0 saturated heterocycles. The van der Waals surface area contributed by atoms with Gasteiger partial charge in [0.1, 0.15) is 19.3 Å². The van der Waals surface area contributed by atoms with Crippen molar-refractivity contribution in [2.75, 3.05) is 39.6 Å². The summed E-state index contributed by atoms with van der Waals surface area (Å²) >= 11 is 0. The predicted octanol–water partition coefficient (Wildman–Crippen LogP) is 19.2. The van der Waals surface area contributed by atoms with Gasteiger partial charge >= 0.3 is 39.5 Å². The third-order valence-electron chi connectivity index (χ3n) is 16.1. The minimum absolute atomic E-state index is 0.103. The first-order chi connectivity index (χ1) is 41.9. The van der Waals surface area contributed by atoms with Crippen LogP contribution >= 0.6 is 15.6 Å². The molecule has 0 aromatic heterocycles. The Labute approximate surface area is 530 Å². The maximum atomic E-state index is 13.0. The molecule has 0 aliphatic rings. The summed E-state index contributed by atoms with van der Waals surface area (Å²) in [4.78, 5) is 72.3. The second-order valence-corrected chi connectivity index (χ2v) is 28.2. The van der Waals surface area contributed by atoms with E-state index >= 15 is 0 Å². The molecule has 0 radical (unpaired) electrons. The summed E-state index contributed by atoms with van der Waals surface area (Å²) in [5.74, 6) is -0.624. The summed E-state index contributed by atoms with van der Waals surface area (Å²) in [6, 6.07) is 0. The number of esters is 4. The monoisotopic (exact) mass is 1280 g/mol. The lowest BCUT2D eigenvalue weighted by atomic mass is 10.00. The molecule has 3 N–H and O–H groups in total. The third kappa shape index (κ3) is 61.3. The highest BCUT2D eigenvalue weighted by atomic mass is 31.2. The van der Waals surface area contributed by atoms with Gasteiger partial charge in [0.05, 0.1) is 26.4 Å². The van der Waals surface area contributed by atoms with Gasteiger partial charge in [0.2, 0.25) is 0 Å². The van der Waals surface area contributed by atoms with Gasteiger partial charge in [-0.05, 0) is 37.5 Å². The number of hydrogen-bond acceptors (Lipinski definition) is 15. The van der Waals surface area contributed by atoms with Crippen LogP contribution in [0.3, 0.4) is 0 Å². The minimum Gasteiger partial charge on any atom is -0.462 e. The molecule has 0 aromatic rings. The topological polar surface area (TPSA) is 237 Å². The Kier molecular flexibility index (Phi) is 59.0. The lowest BCUT2D eigenvalue weighted by Gasteiger charge is -2.21. The molecule has 0 bridgehead atoms. The first-order valence-electron chi connectivity index (χ1n) is 35.5.